The van der Waals surface area contributed by atoms with Crippen LogP contribution in [0, 0.1) is 13.8 Å². The summed E-state index contributed by atoms with van der Waals surface area (Å²) in [4.78, 5) is 0. The van der Waals surface area contributed by atoms with Crippen molar-refractivity contribution >= 4 is 10.1 Å². The van der Waals surface area contributed by atoms with Gasteiger partial charge in [-0.3, -0.25) is 0 Å². The van der Waals surface area contributed by atoms with E-state index >= 15 is 0 Å². The number of hydrogen-bond donors (Lipinski definition) is 1. The highest BCUT2D eigenvalue weighted by atomic mass is 32.2. The smallest absolute Gasteiger partial charge is 0.306 e. The molecule has 0 spiro atoms. The van der Waals surface area contributed by atoms with Gasteiger partial charge in [0.25, 0.3) is 0 Å². The van der Waals surface area contributed by atoms with Gasteiger partial charge in [-0.25, -0.2) is 0 Å². The Morgan fingerprint density at radius 1 is 0.906 bits per heavy atom. The van der Waals surface area contributed by atoms with E-state index in [1.54, 1.807) is 24.3 Å². The maximum Gasteiger partial charge on any atom is 0.306 e. The van der Waals surface area contributed by atoms with Crippen molar-refractivity contribution in [2.75, 3.05) is 12.9 Å². The van der Waals surface area contributed by atoms with Gasteiger partial charge < -0.3 is 14.0 Å². The molecule has 0 aliphatic carbocycles. The predicted molar refractivity (Wildman–Crippen MR) is 129 cm³/mol. The third kappa shape index (κ3) is 5.92. The molecule has 3 aromatic rings. The summed E-state index contributed by atoms with van der Waals surface area (Å²) >= 11 is 0. The van der Waals surface area contributed by atoms with Crippen LogP contribution in [0.3, 0.4) is 0 Å². The van der Waals surface area contributed by atoms with Crippen molar-refractivity contribution in [1.29, 1.82) is 0 Å². The van der Waals surface area contributed by atoms with Crippen molar-refractivity contribution < 1.29 is 22.4 Å². The van der Waals surface area contributed by atoms with Crippen molar-refractivity contribution in [3.63, 3.8) is 0 Å². The number of hydrogen-bond acceptors (Lipinski definition) is 5. The molecule has 0 aromatic heterocycles. The van der Waals surface area contributed by atoms with Gasteiger partial charge in [0.05, 0.1) is 6.26 Å². The summed E-state index contributed by atoms with van der Waals surface area (Å²) in [6, 6.07) is 16.6. The Balaban J connectivity index is 1.87. The van der Waals surface area contributed by atoms with E-state index in [0.29, 0.717) is 12.4 Å². The fraction of sp³-hybridized carbons (Fsp3) is 0.231. The largest absolute Gasteiger partial charge is 0.504 e. The lowest BCUT2D eigenvalue weighted by Crippen LogP contribution is -2.05. The number of ether oxygens (including phenoxy) is 1. The molecular weight excluding hydrogens is 424 g/mol. The Morgan fingerprint density at radius 3 is 2.03 bits per heavy atom. The lowest BCUT2D eigenvalue weighted by atomic mass is 9.91. The molecule has 1 N–H and O–H groups in total. The minimum absolute atomic E-state index is 0.102. The van der Waals surface area contributed by atoms with E-state index in [1.165, 1.54) is 0 Å². The lowest BCUT2D eigenvalue weighted by molar-refractivity contribution is 0.335. The third-order valence-electron chi connectivity index (χ3n) is 4.95. The fourth-order valence-corrected chi connectivity index (χ4v) is 4.02. The first kappa shape index (κ1) is 23.4. The summed E-state index contributed by atoms with van der Waals surface area (Å²) in [6.07, 6.45) is 2.98. The molecule has 3 aromatic carbocycles. The maximum atomic E-state index is 11.3. The normalized spacial score (nSPS) is 11.2. The molecule has 0 fully saturated rings. The van der Waals surface area contributed by atoms with Gasteiger partial charge in [0.2, 0.25) is 0 Å². The average molecular weight is 453 g/mol. The molecule has 32 heavy (non-hydrogen) atoms. The standard InChI is InChI=1S/C26H28O5S/c1-17(2)12-13-30-25-11-8-21(16-24(25)27)22-14-18(3)26(19(4)15-22)20-6-9-23(10-7-20)31-32(5,28)29/h6-12,14-16,27H,13H2,1-5H3. The van der Waals surface area contributed by atoms with Gasteiger partial charge in [0.1, 0.15) is 12.4 Å². The zero-order valence-electron chi connectivity index (χ0n) is 19.0. The summed E-state index contributed by atoms with van der Waals surface area (Å²) in [5.74, 6) is 0.837. The Labute approximate surface area is 190 Å². The molecule has 0 saturated carbocycles. The first-order chi connectivity index (χ1) is 15.0. The quantitative estimate of drug-likeness (QED) is 0.350. The summed E-state index contributed by atoms with van der Waals surface area (Å²) in [6.45, 7) is 8.47. The van der Waals surface area contributed by atoms with Crippen molar-refractivity contribution in [3.8, 4) is 39.5 Å². The molecule has 0 saturated heterocycles. The number of aryl methyl sites for hydroxylation is 2. The first-order valence-corrected chi connectivity index (χ1v) is 12.1. The summed E-state index contributed by atoms with van der Waals surface area (Å²) < 4.78 is 33.2. The van der Waals surface area contributed by atoms with Gasteiger partial charge >= 0.3 is 10.1 Å². The molecule has 0 bridgehead atoms. The summed E-state index contributed by atoms with van der Waals surface area (Å²) in [7, 11) is -3.56. The molecule has 6 heteroatoms. The van der Waals surface area contributed by atoms with E-state index in [9.17, 15) is 13.5 Å². The second-order valence-corrected chi connectivity index (χ2v) is 9.65. The van der Waals surface area contributed by atoms with Gasteiger partial charge in [-0.05, 0) is 91.4 Å². The molecule has 0 aliphatic heterocycles. The first-order valence-electron chi connectivity index (χ1n) is 10.2. The van der Waals surface area contributed by atoms with Gasteiger partial charge in [-0.1, -0.05) is 35.9 Å². The molecule has 3 rings (SSSR count). The average Bonchev–Trinajstić information content (AvgIpc) is 2.68. The number of allylic oxidation sites excluding steroid dienone is 1. The molecule has 0 atom stereocenters. The number of benzene rings is 3. The highest BCUT2D eigenvalue weighted by molar-refractivity contribution is 7.86. The second-order valence-electron chi connectivity index (χ2n) is 8.07. The summed E-state index contributed by atoms with van der Waals surface area (Å²) in [5, 5.41) is 10.4. The van der Waals surface area contributed by atoms with E-state index in [1.807, 2.05) is 52.0 Å². The molecule has 0 unspecified atom stereocenters. The minimum atomic E-state index is -3.56. The number of aromatic hydroxyl groups is 1. The van der Waals surface area contributed by atoms with Crippen molar-refractivity contribution in [2.45, 2.75) is 27.7 Å². The summed E-state index contributed by atoms with van der Waals surface area (Å²) in [5.41, 5.74) is 7.23. The molecule has 0 heterocycles. The zero-order chi connectivity index (χ0) is 23.5. The van der Waals surface area contributed by atoms with Crippen molar-refractivity contribution in [1.82, 2.24) is 0 Å². The van der Waals surface area contributed by atoms with Gasteiger partial charge in [-0.2, -0.15) is 8.42 Å². The Morgan fingerprint density at radius 2 is 1.50 bits per heavy atom. The number of rotatable bonds is 7. The van der Waals surface area contributed by atoms with E-state index < -0.39 is 10.1 Å². The van der Waals surface area contributed by atoms with Gasteiger partial charge in [0.15, 0.2) is 11.5 Å². The fourth-order valence-electron chi connectivity index (χ4n) is 3.55. The van der Waals surface area contributed by atoms with Crippen LogP contribution in [0.25, 0.3) is 22.3 Å². The van der Waals surface area contributed by atoms with Crippen LogP contribution in [-0.4, -0.2) is 26.4 Å². The van der Waals surface area contributed by atoms with E-state index in [2.05, 4.69) is 12.1 Å². The van der Waals surface area contributed by atoms with Crippen LogP contribution in [-0.2, 0) is 10.1 Å². The van der Waals surface area contributed by atoms with Crippen molar-refractivity contribution in [3.05, 3.63) is 77.4 Å². The third-order valence-corrected chi connectivity index (χ3v) is 5.44. The highest BCUT2D eigenvalue weighted by Crippen LogP contribution is 2.36. The lowest BCUT2D eigenvalue weighted by Gasteiger charge is -2.15. The van der Waals surface area contributed by atoms with E-state index in [4.69, 9.17) is 8.92 Å². The van der Waals surface area contributed by atoms with Crippen LogP contribution < -0.4 is 8.92 Å². The molecule has 0 radical (unpaired) electrons. The van der Waals surface area contributed by atoms with Gasteiger partial charge in [-0.15, -0.1) is 0 Å². The highest BCUT2D eigenvalue weighted by Gasteiger charge is 2.12. The number of phenolic OH excluding ortho intramolecular Hbond substituents is 1. The van der Waals surface area contributed by atoms with Crippen LogP contribution in [0.15, 0.2) is 66.2 Å². The predicted octanol–water partition coefficient (Wildman–Crippen LogP) is 6.03. The molecule has 0 amide bonds. The topological polar surface area (TPSA) is 72.8 Å². The SMILES string of the molecule is CC(C)=CCOc1ccc(-c2cc(C)c(-c3ccc(OS(C)(=O)=O)cc3)c(C)c2)cc1O. The Kier molecular flexibility index (Phi) is 6.94. The van der Waals surface area contributed by atoms with Gasteiger partial charge in [0, 0.05) is 0 Å². The number of phenols is 1. The Hall–Kier alpha value is -3.25. The monoisotopic (exact) mass is 452 g/mol. The Bertz CT molecular complexity index is 1230. The van der Waals surface area contributed by atoms with Crippen molar-refractivity contribution in [2.24, 2.45) is 0 Å². The minimum Gasteiger partial charge on any atom is -0.504 e. The van der Waals surface area contributed by atoms with Crippen LogP contribution >= 0.6 is 0 Å². The second kappa shape index (κ2) is 9.49. The van der Waals surface area contributed by atoms with Crippen LogP contribution in [0.5, 0.6) is 17.2 Å². The van der Waals surface area contributed by atoms with E-state index in [0.717, 1.165) is 45.2 Å². The molecule has 0 aliphatic rings. The molecule has 5 nitrogen and oxygen atoms in total. The van der Waals surface area contributed by atoms with Crippen LogP contribution in [0.4, 0.5) is 0 Å². The maximum absolute atomic E-state index is 11.3. The zero-order valence-corrected chi connectivity index (χ0v) is 19.8. The van der Waals surface area contributed by atoms with E-state index in [-0.39, 0.29) is 11.5 Å². The molecule has 168 valence electrons. The van der Waals surface area contributed by atoms with Crippen LogP contribution in [0.1, 0.15) is 25.0 Å². The molecular formula is C26H28O5S. The van der Waals surface area contributed by atoms with Crippen LogP contribution in [0.2, 0.25) is 0 Å².